The van der Waals surface area contributed by atoms with E-state index < -0.39 is 11.6 Å². The second-order valence-corrected chi connectivity index (χ2v) is 5.08. The summed E-state index contributed by atoms with van der Waals surface area (Å²) in [6.45, 7) is 8.14. The molecule has 0 aliphatic heterocycles. The molecule has 7 nitrogen and oxygen atoms in total. The Morgan fingerprint density at radius 2 is 2.16 bits per heavy atom. The minimum absolute atomic E-state index is 0.149. The zero-order valence-electron chi connectivity index (χ0n) is 11.5. The molecule has 2 aromatic heterocycles. The van der Waals surface area contributed by atoms with Crippen molar-refractivity contribution in [1.29, 1.82) is 0 Å². The van der Waals surface area contributed by atoms with Gasteiger partial charge in [-0.1, -0.05) is 0 Å². The number of hydrogen-bond acceptors (Lipinski definition) is 5. The molecule has 0 atom stereocenters. The first-order chi connectivity index (χ1) is 8.90. The topological polar surface area (TPSA) is 85.7 Å². The lowest BCUT2D eigenvalue weighted by Crippen LogP contribution is -2.24. The van der Waals surface area contributed by atoms with Gasteiger partial charge in [0.1, 0.15) is 17.0 Å². The fourth-order valence-corrected chi connectivity index (χ4v) is 1.54. The van der Waals surface area contributed by atoms with Gasteiger partial charge in [-0.2, -0.15) is 15.4 Å². The highest BCUT2D eigenvalue weighted by molar-refractivity contribution is 5.93. The lowest BCUT2D eigenvalue weighted by atomic mass is 10.2. The third kappa shape index (κ3) is 2.98. The minimum atomic E-state index is -0.573. The Kier molecular flexibility index (Phi) is 3.37. The average Bonchev–Trinajstić information content (AvgIpc) is 2.95. The number of ether oxygens (including phenoxy) is 1. The first-order valence-corrected chi connectivity index (χ1v) is 6.08. The first-order valence-electron chi connectivity index (χ1n) is 6.08. The van der Waals surface area contributed by atoms with Crippen molar-refractivity contribution >= 4 is 5.97 Å². The van der Waals surface area contributed by atoms with Crippen LogP contribution in [-0.4, -0.2) is 36.8 Å². The third-order valence-electron chi connectivity index (χ3n) is 2.35. The number of rotatable bonds is 3. The van der Waals surface area contributed by atoms with Crippen LogP contribution in [0.3, 0.4) is 0 Å². The van der Waals surface area contributed by atoms with Crippen molar-refractivity contribution < 1.29 is 9.53 Å². The van der Waals surface area contributed by atoms with Crippen molar-refractivity contribution in [2.24, 2.45) is 0 Å². The standard InChI is InChI=1S/C12H17N5O2/c1-5-17-7-6-8(15-17)9-10(14-16-13-9)11(18)19-12(2,3)4/h6-7H,5H2,1-4H3,(H,13,14,16). The number of nitrogens with zero attached hydrogens (tertiary/aromatic N) is 4. The highest BCUT2D eigenvalue weighted by Crippen LogP contribution is 2.20. The molecular weight excluding hydrogens is 246 g/mol. The molecule has 2 aromatic rings. The zero-order chi connectivity index (χ0) is 14.0. The minimum Gasteiger partial charge on any atom is -0.455 e. The Morgan fingerprint density at radius 3 is 2.74 bits per heavy atom. The Balaban J connectivity index is 2.29. The maximum atomic E-state index is 12.0. The summed E-state index contributed by atoms with van der Waals surface area (Å²) < 4.78 is 7.03. The summed E-state index contributed by atoms with van der Waals surface area (Å²) in [4.78, 5) is 12.0. The number of aromatic amines is 1. The van der Waals surface area contributed by atoms with Crippen LogP contribution in [0, 0.1) is 0 Å². The van der Waals surface area contributed by atoms with Gasteiger partial charge in [0.2, 0.25) is 0 Å². The van der Waals surface area contributed by atoms with E-state index in [2.05, 4.69) is 20.5 Å². The number of esters is 1. The van der Waals surface area contributed by atoms with Crippen LogP contribution in [0.4, 0.5) is 0 Å². The molecule has 102 valence electrons. The summed E-state index contributed by atoms with van der Waals surface area (Å²) in [5.41, 5.74) is 0.574. The SMILES string of the molecule is CCn1ccc(-c2n[nH]nc2C(=O)OC(C)(C)C)n1. The van der Waals surface area contributed by atoms with Crippen molar-refractivity contribution in [3.63, 3.8) is 0 Å². The molecule has 0 amide bonds. The normalized spacial score (nSPS) is 11.6. The van der Waals surface area contributed by atoms with E-state index >= 15 is 0 Å². The Bertz CT molecular complexity index is 579. The molecule has 19 heavy (non-hydrogen) atoms. The van der Waals surface area contributed by atoms with Crippen LogP contribution in [0.15, 0.2) is 12.3 Å². The lowest BCUT2D eigenvalue weighted by Gasteiger charge is -2.18. The van der Waals surface area contributed by atoms with Gasteiger partial charge in [-0.25, -0.2) is 4.79 Å². The molecule has 0 fully saturated rings. The Morgan fingerprint density at radius 1 is 1.42 bits per heavy atom. The number of H-pyrrole nitrogens is 1. The molecule has 1 N–H and O–H groups in total. The zero-order valence-corrected chi connectivity index (χ0v) is 11.5. The van der Waals surface area contributed by atoms with Gasteiger partial charge in [0.25, 0.3) is 0 Å². The molecule has 0 saturated carbocycles. The smallest absolute Gasteiger partial charge is 0.361 e. The molecule has 0 radical (unpaired) electrons. The first kappa shape index (κ1) is 13.3. The molecular formula is C12H17N5O2. The molecule has 0 aromatic carbocycles. The number of nitrogens with one attached hydrogen (secondary N) is 1. The van der Waals surface area contributed by atoms with Gasteiger partial charge in [-0.3, -0.25) is 4.68 Å². The summed E-state index contributed by atoms with van der Waals surface area (Å²) in [6, 6.07) is 1.79. The summed E-state index contributed by atoms with van der Waals surface area (Å²) in [7, 11) is 0. The number of aryl methyl sites for hydroxylation is 1. The van der Waals surface area contributed by atoms with E-state index in [1.54, 1.807) is 31.5 Å². The van der Waals surface area contributed by atoms with Crippen molar-refractivity contribution in [3.05, 3.63) is 18.0 Å². The predicted octanol–water partition coefficient (Wildman–Crippen LogP) is 1.64. The molecule has 7 heteroatoms. The van der Waals surface area contributed by atoms with Crippen molar-refractivity contribution in [1.82, 2.24) is 25.2 Å². The average molecular weight is 263 g/mol. The van der Waals surface area contributed by atoms with E-state index in [4.69, 9.17) is 4.74 Å². The predicted molar refractivity (Wildman–Crippen MR) is 68.4 cm³/mol. The second kappa shape index (κ2) is 4.83. The van der Waals surface area contributed by atoms with Crippen molar-refractivity contribution in [3.8, 4) is 11.4 Å². The van der Waals surface area contributed by atoms with Crippen LogP contribution in [0.1, 0.15) is 38.2 Å². The Hall–Kier alpha value is -2.18. The van der Waals surface area contributed by atoms with Gasteiger partial charge in [0, 0.05) is 12.7 Å². The second-order valence-electron chi connectivity index (χ2n) is 5.08. The third-order valence-corrected chi connectivity index (χ3v) is 2.35. The summed E-state index contributed by atoms with van der Waals surface area (Å²) in [5.74, 6) is -0.512. The van der Waals surface area contributed by atoms with E-state index in [1.807, 2.05) is 13.1 Å². The van der Waals surface area contributed by atoms with E-state index in [0.717, 1.165) is 6.54 Å². The molecule has 2 heterocycles. The van der Waals surface area contributed by atoms with Crippen LogP contribution >= 0.6 is 0 Å². The van der Waals surface area contributed by atoms with Gasteiger partial charge in [0.05, 0.1) is 0 Å². The summed E-state index contributed by atoms with van der Waals surface area (Å²) in [5, 5.41) is 14.6. The van der Waals surface area contributed by atoms with Crippen LogP contribution in [0.2, 0.25) is 0 Å². The number of carbonyl (C=O) groups is 1. The Labute approximate surface area is 111 Å². The largest absolute Gasteiger partial charge is 0.455 e. The highest BCUT2D eigenvalue weighted by atomic mass is 16.6. The van der Waals surface area contributed by atoms with Gasteiger partial charge in [-0.05, 0) is 33.8 Å². The fraction of sp³-hybridized carbons (Fsp3) is 0.500. The van der Waals surface area contributed by atoms with E-state index in [9.17, 15) is 4.79 Å². The molecule has 0 aliphatic rings. The highest BCUT2D eigenvalue weighted by Gasteiger charge is 2.25. The van der Waals surface area contributed by atoms with E-state index in [-0.39, 0.29) is 5.69 Å². The summed E-state index contributed by atoms with van der Waals surface area (Å²) >= 11 is 0. The van der Waals surface area contributed by atoms with Gasteiger partial charge >= 0.3 is 5.97 Å². The molecule has 0 unspecified atom stereocenters. The fourth-order valence-electron chi connectivity index (χ4n) is 1.54. The molecule has 2 rings (SSSR count). The van der Waals surface area contributed by atoms with Gasteiger partial charge < -0.3 is 4.74 Å². The molecule has 0 spiro atoms. The van der Waals surface area contributed by atoms with E-state index in [1.165, 1.54) is 0 Å². The number of hydrogen-bond donors (Lipinski definition) is 1. The molecule has 0 aliphatic carbocycles. The van der Waals surface area contributed by atoms with Gasteiger partial charge in [-0.15, -0.1) is 5.10 Å². The van der Waals surface area contributed by atoms with Crippen molar-refractivity contribution in [2.75, 3.05) is 0 Å². The molecule has 0 bridgehead atoms. The van der Waals surface area contributed by atoms with Crippen molar-refractivity contribution in [2.45, 2.75) is 39.8 Å². The summed E-state index contributed by atoms with van der Waals surface area (Å²) in [6.07, 6.45) is 1.82. The maximum absolute atomic E-state index is 12.0. The lowest BCUT2D eigenvalue weighted by molar-refractivity contribution is 0.00637. The van der Waals surface area contributed by atoms with Crippen LogP contribution in [0.5, 0.6) is 0 Å². The van der Waals surface area contributed by atoms with Crippen LogP contribution in [0.25, 0.3) is 11.4 Å². The maximum Gasteiger partial charge on any atom is 0.361 e. The van der Waals surface area contributed by atoms with Crippen LogP contribution in [-0.2, 0) is 11.3 Å². The van der Waals surface area contributed by atoms with E-state index in [0.29, 0.717) is 11.4 Å². The quantitative estimate of drug-likeness (QED) is 0.851. The van der Waals surface area contributed by atoms with Crippen LogP contribution < -0.4 is 0 Å². The number of carbonyl (C=O) groups excluding carboxylic acids is 1. The molecule has 0 saturated heterocycles. The monoisotopic (exact) mass is 263 g/mol. The number of aromatic nitrogens is 5. The van der Waals surface area contributed by atoms with Gasteiger partial charge in [0.15, 0.2) is 5.69 Å².